The number of hydrogen-bond acceptors (Lipinski definition) is 3. The van der Waals surface area contributed by atoms with Gasteiger partial charge in [0.05, 0.1) is 6.61 Å². The molecule has 0 spiro atoms. The summed E-state index contributed by atoms with van der Waals surface area (Å²) in [7, 11) is 0. The van der Waals surface area contributed by atoms with Crippen LogP contribution in [0.25, 0.3) is 0 Å². The maximum atomic E-state index is 9.06. The van der Waals surface area contributed by atoms with Gasteiger partial charge in [-0.1, -0.05) is 13.0 Å². The zero-order valence-electron chi connectivity index (χ0n) is 11.9. The highest BCUT2D eigenvalue weighted by molar-refractivity contribution is 5.41. The summed E-state index contributed by atoms with van der Waals surface area (Å²) < 4.78 is 5.79. The number of aliphatic hydroxyl groups excluding tert-OH is 1. The van der Waals surface area contributed by atoms with Crippen LogP contribution in [0.5, 0.6) is 5.75 Å². The van der Waals surface area contributed by atoms with E-state index < -0.39 is 0 Å². The summed E-state index contributed by atoms with van der Waals surface area (Å²) in [4.78, 5) is 0. The molecule has 3 nitrogen and oxygen atoms in total. The van der Waals surface area contributed by atoms with Crippen LogP contribution >= 0.6 is 0 Å². The van der Waals surface area contributed by atoms with Crippen LogP contribution in [0.3, 0.4) is 0 Å². The molecule has 0 saturated heterocycles. The molecule has 0 bridgehead atoms. The zero-order valence-corrected chi connectivity index (χ0v) is 11.9. The van der Waals surface area contributed by atoms with E-state index >= 15 is 0 Å². The summed E-state index contributed by atoms with van der Waals surface area (Å²) in [5, 5.41) is 12.3. The van der Waals surface area contributed by atoms with E-state index in [0.29, 0.717) is 6.61 Å². The van der Waals surface area contributed by atoms with Crippen molar-refractivity contribution in [1.82, 2.24) is 5.32 Å². The minimum absolute atomic E-state index is 0.175. The van der Waals surface area contributed by atoms with Gasteiger partial charge in [0.25, 0.3) is 0 Å². The average Bonchev–Trinajstić information content (AvgIpc) is 2.35. The quantitative estimate of drug-likeness (QED) is 0.731. The van der Waals surface area contributed by atoms with Crippen LogP contribution in [0.4, 0.5) is 0 Å². The fourth-order valence-corrected chi connectivity index (χ4v) is 1.91. The normalized spacial score (nSPS) is 12.5. The lowest BCUT2D eigenvalue weighted by atomic mass is 10.1. The first-order chi connectivity index (χ1) is 8.58. The van der Waals surface area contributed by atoms with E-state index in [1.54, 1.807) is 0 Å². The first kappa shape index (κ1) is 15.0. The van der Waals surface area contributed by atoms with Gasteiger partial charge in [-0.2, -0.15) is 0 Å². The molecule has 0 aliphatic rings. The average molecular weight is 251 g/mol. The largest absolute Gasteiger partial charge is 0.492 e. The van der Waals surface area contributed by atoms with E-state index in [1.165, 1.54) is 16.7 Å². The van der Waals surface area contributed by atoms with Crippen molar-refractivity contribution in [2.45, 2.75) is 40.2 Å². The third-order valence-electron chi connectivity index (χ3n) is 3.27. The Kier molecular flexibility index (Phi) is 6.16. The number of hydrogen-bond donors (Lipinski definition) is 2. The Morgan fingerprint density at radius 3 is 2.61 bits per heavy atom. The van der Waals surface area contributed by atoms with Gasteiger partial charge in [0.15, 0.2) is 0 Å². The molecule has 1 atom stereocenters. The second kappa shape index (κ2) is 7.39. The molecule has 102 valence electrons. The van der Waals surface area contributed by atoms with E-state index in [9.17, 15) is 0 Å². The van der Waals surface area contributed by atoms with Gasteiger partial charge in [-0.15, -0.1) is 0 Å². The van der Waals surface area contributed by atoms with Crippen molar-refractivity contribution >= 4 is 0 Å². The van der Waals surface area contributed by atoms with Crippen molar-refractivity contribution in [2.75, 3.05) is 19.8 Å². The predicted molar refractivity (Wildman–Crippen MR) is 75.3 cm³/mol. The molecule has 1 rings (SSSR count). The van der Waals surface area contributed by atoms with Crippen LogP contribution in [0.15, 0.2) is 12.1 Å². The number of nitrogens with one attached hydrogen (secondary N) is 1. The lowest BCUT2D eigenvalue weighted by Crippen LogP contribution is -2.34. The maximum absolute atomic E-state index is 9.06. The number of aliphatic hydroxyl groups is 1. The van der Waals surface area contributed by atoms with Gasteiger partial charge >= 0.3 is 0 Å². The molecule has 0 heterocycles. The van der Waals surface area contributed by atoms with Crippen molar-refractivity contribution in [1.29, 1.82) is 0 Å². The maximum Gasteiger partial charge on any atom is 0.122 e. The summed E-state index contributed by atoms with van der Waals surface area (Å²) in [5.74, 6) is 0.964. The second-order valence-electron chi connectivity index (χ2n) is 4.80. The minimum atomic E-state index is 0.175. The highest BCUT2D eigenvalue weighted by atomic mass is 16.5. The highest BCUT2D eigenvalue weighted by Crippen LogP contribution is 2.22. The molecule has 0 aromatic heterocycles. The number of aryl methyl sites for hydroxylation is 2. The predicted octanol–water partition coefficient (Wildman–Crippen LogP) is 2.35. The van der Waals surface area contributed by atoms with E-state index in [2.05, 4.69) is 45.1 Å². The Bertz CT molecular complexity index is 373. The Morgan fingerprint density at radius 1 is 1.28 bits per heavy atom. The van der Waals surface area contributed by atoms with Gasteiger partial charge < -0.3 is 15.2 Å². The molecule has 1 unspecified atom stereocenters. The van der Waals surface area contributed by atoms with E-state index in [0.717, 1.165) is 18.7 Å². The Labute approximate surface area is 110 Å². The third kappa shape index (κ3) is 4.31. The molecular formula is C15H25NO2. The SMILES string of the molecule is CCC(CO)NCCOc1cc(C)cc(C)c1C. The van der Waals surface area contributed by atoms with Gasteiger partial charge in [0, 0.05) is 12.6 Å². The molecular weight excluding hydrogens is 226 g/mol. The minimum Gasteiger partial charge on any atom is -0.492 e. The fraction of sp³-hybridized carbons (Fsp3) is 0.600. The van der Waals surface area contributed by atoms with Crippen LogP contribution in [0.1, 0.15) is 30.0 Å². The van der Waals surface area contributed by atoms with Crippen molar-refractivity contribution < 1.29 is 9.84 Å². The topological polar surface area (TPSA) is 41.5 Å². The van der Waals surface area contributed by atoms with Gasteiger partial charge in [-0.3, -0.25) is 0 Å². The number of benzene rings is 1. The van der Waals surface area contributed by atoms with Crippen molar-refractivity contribution in [2.24, 2.45) is 0 Å². The van der Waals surface area contributed by atoms with Gasteiger partial charge in [0.2, 0.25) is 0 Å². The third-order valence-corrected chi connectivity index (χ3v) is 3.27. The molecule has 0 saturated carbocycles. The van der Waals surface area contributed by atoms with E-state index in [4.69, 9.17) is 9.84 Å². The van der Waals surface area contributed by atoms with E-state index in [-0.39, 0.29) is 12.6 Å². The van der Waals surface area contributed by atoms with Crippen LogP contribution in [-0.4, -0.2) is 30.9 Å². The summed E-state index contributed by atoms with van der Waals surface area (Å²) in [6, 6.07) is 4.42. The molecule has 0 amide bonds. The monoisotopic (exact) mass is 251 g/mol. The molecule has 0 radical (unpaired) electrons. The van der Waals surface area contributed by atoms with Gasteiger partial charge in [0.1, 0.15) is 12.4 Å². The Hall–Kier alpha value is -1.06. The molecule has 18 heavy (non-hydrogen) atoms. The first-order valence-electron chi connectivity index (χ1n) is 6.63. The Morgan fingerprint density at radius 2 is 2.00 bits per heavy atom. The summed E-state index contributed by atoms with van der Waals surface area (Å²) in [5.41, 5.74) is 3.69. The van der Waals surface area contributed by atoms with Crippen molar-refractivity contribution in [3.05, 3.63) is 28.8 Å². The van der Waals surface area contributed by atoms with Crippen molar-refractivity contribution in [3.8, 4) is 5.75 Å². The lowest BCUT2D eigenvalue weighted by molar-refractivity contribution is 0.227. The standard InChI is InChI=1S/C15H25NO2/c1-5-14(10-17)16-6-7-18-15-9-11(2)8-12(3)13(15)4/h8-9,14,16-17H,5-7,10H2,1-4H3. The zero-order chi connectivity index (χ0) is 13.5. The van der Waals surface area contributed by atoms with Crippen LogP contribution in [0, 0.1) is 20.8 Å². The smallest absolute Gasteiger partial charge is 0.122 e. The molecule has 3 heteroatoms. The summed E-state index contributed by atoms with van der Waals surface area (Å²) >= 11 is 0. The summed E-state index contributed by atoms with van der Waals surface area (Å²) in [6.45, 7) is 9.89. The van der Waals surface area contributed by atoms with Crippen LogP contribution in [0.2, 0.25) is 0 Å². The summed E-state index contributed by atoms with van der Waals surface area (Å²) in [6.07, 6.45) is 0.930. The van der Waals surface area contributed by atoms with E-state index in [1.807, 2.05) is 0 Å². The Balaban J connectivity index is 2.44. The van der Waals surface area contributed by atoms with Crippen LogP contribution in [-0.2, 0) is 0 Å². The molecule has 1 aromatic rings. The van der Waals surface area contributed by atoms with Crippen LogP contribution < -0.4 is 10.1 Å². The molecule has 0 fully saturated rings. The van der Waals surface area contributed by atoms with Gasteiger partial charge in [-0.25, -0.2) is 0 Å². The fourth-order valence-electron chi connectivity index (χ4n) is 1.91. The molecule has 0 aliphatic carbocycles. The lowest BCUT2D eigenvalue weighted by Gasteiger charge is -2.16. The highest BCUT2D eigenvalue weighted by Gasteiger charge is 2.05. The molecule has 2 N–H and O–H groups in total. The van der Waals surface area contributed by atoms with Crippen molar-refractivity contribution in [3.63, 3.8) is 0 Å². The first-order valence-corrected chi connectivity index (χ1v) is 6.63. The molecule has 1 aromatic carbocycles. The number of rotatable bonds is 7. The second-order valence-corrected chi connectivity index (χ2v) is 4.80. The number of ether oxygens (including phenoxy) is 1. The van der Waals surface area contributed by atoms with Gasteiger partial charge in [-0.05, 0) is 49.9 Å². The molecule has 0 aliphatic heterocycles.